The Kier molecular flexibility index (Phi) is 4.36. The molecule has 4 heteroatoms. The van der Waals surface area contributed by atoms with Gasteiger partial charge in [0.2, 0.25) is 0 Å². The van der Waals surface area contributed by atoms with Crippen LogP contribution >= 0.6 is 0 Å². The molecule has 0 bridgehead atoms. The molecular formula is C15H18N2O2. The zero-order valence-electron chi connectivity index (χ0n) is 11.4. The second kappa shape index (κ2) is 6.20. The van der Waals surface area contributed by atoms with Gasteiger partial charge in [-0.3, -0.25) is 4.98 Å². The molecule has 1 unspecified atom stereocenters. The molecule has 100 valence electrons. The first-order valence-corrected chi connectivity index (χ1v) is 6.09. The minimum absolute atomic E-state index is 0.0998. The number of rotatable bonds is 5. The SMILES string of the molecule is CNC(c1ccncc1)c1ccc(OC)c(OC)c1. The number of hydrogen-bond acceptors (Lipinski definition) is 4. The molecular weight excluding hydrogens is 240 g/mol. The first-order valence-electron chi connectivity index (χ1n) is 6.09. The molecule has 0 radical (unpaired) electrons. The van der Waals surface area contributed by atoms with Crippen molar-refractivity contribution in [2.75, 3.05) is 21.3 Å². The molecule has 2 aromatic rings. The van der Waals surface area contributed by atoms with E-state index < -0.39 is 0 Å². The molecule has 1 heterocycles. The van der Waals surface area contributed by atoms with Gasteiger partial charge in [0, 0.05) is 12.4 Å². The van der Waals surface area contributed by atoms with Crippen molar-refractivity contribution < 1.29 is 9.47 Å². The van der Waals surface area contributed by atoms with Crippen LogP contribution in [0.4, 0.5) is 0 Å². The number of nitrogens with zero attached hydrogens (tertiary/aromatic N) is 1. The second-order valence-corrected chi connectivity index (χ2v) is 4.12. The van der Waals surface area contributed by atoms with E-state index in [9.17, 15) is 0 Å². The number of nitrogens with one attached hydrogen (secondary N) is 1. The van der Waals surface area contributed by atoms with Gasteiger partial charge in [0.25, 0.3) is 0 Å². The molecule has 1 aromatic heterocycles. The molecule has 2 rings (SSSR count). The number of ether oxygens (including phenoxy) is 2. The Morgan fingerprint density at radius 1 is 0.947 bits per heavy atom. The zero-order valence-corrected chi connectivity index (χ0v) is 11.4. The lowest BCUT2D eigenvalue weighted by Gasteiger charge is -2.18. The average molecular weight is 258 g/mol. The normalized spacial score (nSPS) is 11.9. The van der Waals surface area contributed by atoms with Gasteiger partial charge in [-0.25, -0.2) is 0 Å². The molecule has 19 heavy (non-hydrogen) atoms. The van der Waals surface area contributed by atoms with E-state index in [1.807, 2.05) is 37.4 Å². The van der Waals surface area contributed by atoms with Crippen molar-refractivity contribution in [2.45, 2.75) is 6.04 Å². The highest BCUT2D eigenvalue weighted by atomic mass is 16.5. The van der Waals surface area contributed by atoms with Crippen LogP contribution in [0.2, 0.25) is 0 Å². The van der Waals surface area contributed by atoms with Crippen molar-refractivity contribution in [3.8, 4) is 11.5 Å². The molecule has 0 saturated carbocycles. The Labute approximate surface area is 113 Å². The first-order chi connectivity index (χ1) is 9.30. The second-order valence-electron chi connectivity index (χ2n) is 4.12. The molecule has 1 atom stereocenters. The maximum absolute atomic E-state index is 5.34. The van der Waals surface area contributed by atoms with Crippen molar-refractivity contribution in [3.63, 3.8) is 0 Å². The fraction of sp³-hybridized carbons (Fsp3) is 0.267. The summed E-state index contributed by atoms with van der Waals surface area (Å²) in [6.45, 7) is 0. The van der Waals surface area contributed by atoms with Crippen LogP contribution in [0.3, 0.4) is 0 Å². The van der Waals surface area contributed by atoms with Crippen LogP contribution in [0.25, 0.3) is 0 Å². The van der Waals surface area contributed by atoms with E-state index >= 15 is 0 Å². The van der Waals surface area contributed by atoms with E-state index in [0.717, 1.165) is 22.6 Å². The van der Waals surface area contributed by atoms with Crippen LogP contribution in [0.1, 0.15) is 17.2 Å². The molecule has 4 nitrogen and oxygen atoms in total. The fourth-order valence-electron chi connectivity index (χ4n) is 2.11. The summed E-state index contributed by atoms with van der Waals surface area (Å²) in [4.78, 5) is 4.04. The van der Waals surface area contributed by atoms with Crippen molar-refractivity contribution in [1.29, 1.82) is 0 Å². The van der Waals surface area contributed by atoms with Crippen LogP contribution in [0.15, 0.2) is 42.7 Å². The molecule has 0 aliphatic carbocycles. The fourth-order valence-corrected chi connectivity index (χ4v) is 2.11. The van der Waals surface area contributed by atoms with E-state index in [0.29, 0.717) is 0 Å². The summed E-state index contributed by atoms with van der Waals surface area (Å²) < 4.78 is 10.6. The number of pyridine rings is 1. The summed E-state index contributed by atoms with van der Waals surface area (Å²) in [5.41, 5.74) is 2.27. The van der Waals surface area contributed by atoms with Gasteiger partial charge in [0.05, 0.1) is 20.3 Å². The van der Waals surface area contributed by atoms with Crippen molar-refractivity contribution in [2.24, 2.45) is 0 Å². The van der Waals surface area contributed by atoms with E-state index in [2.05, 4.69) is 10.3 Å². The average Bonchev–Trinajstić information content (AvgIpc) is 2.49. The van der Waals surface area contributed by atoms with Crippen LogP contribution in [-0.2, 0) is 0 Å². The van der Waals surface area contributed by atoms with Gasteiger partial charge in [-0.1, -0.05) is 6.07 Å². The van der Waals surface area contributed by atoms with Crippen LogP contribution in [0.5, 0.6) is 11.5 Å². The Morgan fingerprint density at radius 3 is 2.21 bits per heavy atom. The van der Waals surface area contributed by atoms with Gasteiger partial charge in [-0.15, -0.1) is 0 Å². The summed E-state index contributed by atoms with van der Waals surface area (Å²) in [5.74, 6) is 1.46. The summed E-state index contributed by atoms with van der Waals surface area (Å²) in [7, 11) is 5.21. The van der Waals surface area contributed by atoms with Gasteiger partial charge in [0.1, 0.15) is 0 Å². The smallest absolute Gasteiger partial charge is 0.161 e. The maximum Gasteiger partial charge on any atom is 0.161 e. The standard InChI is InChI=1S/C15H18N2O2/c1-16-15(11-6-8-17-9-7-11)12-4-5-13(18-2)14(10-12)19-3/h4-10,15-16H,1-3H3. The maximum atomic E-state index is 5.34. The minimum Gasteiger partial charge on any atom is -0.493 e. The number of benzene rings is 1. The predicted molar refractivity (Wildman–Crippen MR) is 74.7 cm³/mol. The molecule has 0 fully saturated rings. The molecule has 0 aliphatic heterocycles. The lowest BCUT2D eigenvalue weighted by Crippen LogP contribution is -2.17. The summed E-state index contributed by atoms with van der Waals surface area (Å²) in [6, 6.07) is 10.0. The van der Waals surface area contributed by atoms with Gasteiger partial charge in [-0.2, -0.15) is 0 Å². The molecule has 0 amide bonds. The predicted octanol–water partition coefficient (Wildman–Crippen LogP) is 2.41. The van der Waals surface area contributed by atoms with E-state index in [-0.39, 0.29) is 6.04 Å². The molecule has 0 aliphatic rings. The van der Waals surface area contributed by atoms with Gasteiger partial charge >= 0.3 is 0 Å². The molecule has 1 aromatic carbocycles. The van der Waals surface area contributed by atoms with Crippen molar-refractivity contribution >= 4 is 0 Å². The van der Waals surface area contributed by atoms with E-state index in [1.54, 1.807) is 26.6 Å². The number of aromatic nitrogens is 1. The van der Waals surface area contributed by atoms with Crippen LogP contribution < -0.4 is 14.8 Å². The third kappa shape index (κ3) is 2.85. The van der Waals surface area contributed by atoms with Gasteiger partial charge in [0.15, 0.2) is 11.5 Å². The highest BCUT2D eigenvalue weighted by Gasteiger charge is 2.14. The van der Waals surface area contributed by atoms with Crippen molar-refractivity contribution in [1.82, 2.24) is 10.3 Å². The van der Waals surface area contributed by atoms with Crippen LogP contribution in [0, 0.1) is 0 Å². The molecule has 0 spiro atoms. The lowest BCUT2D eigenvalue weighted by atomic mass is 9.99. The lowest BCUT2D eigenvalue weighted by molar-refractivity contribution is 0.354. The van der Waals surface area contributed by atoms with Gasteiger partial charge in [-0.05, 0) is 42.4 Å². The third-order valence-electron chi connectivity index (χ3n) is 3.07. The largest absolute Gasteiger partial charge is 0.493 e. The Bertz CT molecular complexity index is 529. The zero-order chi connectivity index (χ0) is 13.7. The Morgan fingerprint density at radius 2 is 1.63 bits per heavy atom. The Hall–Kier alpha value is -2.07. The van der Waals surface area contributed by atoms with E-state index in [4.69, 9.17) is 9.47 Å². The molecule has 0 saturated heterocycles. The topological polar surface area (TPSA) is 43.4 Å². The number of methoxy groups -OCH3 is 2. The Balaban J connectivity index is 2.39. The first kappa shape index (κ1) is 13.4. The van der Waals surface area contributed by atoms with Gasteiger partial charge < -0.3 is 14.8 Å². The summed E-state index contributed by atoms with van der Waals surface area (Å²) in [6.07, 6.45) is 3.58. The number of hydrogen-bond donors (Lipinski definition) is 1. The monoisotopic (exact) mass is 258 g/mol. The van der Waals surface area contributed by atoms with E-state index in [1.165, 1.54) is 0 Å². The highest BCUT2D eigenvalue weighted by molar-refractivity contribution is 5.45. The van der Waals surface area contributed by atoms with Crippen molar-refractivity contribution in [3.05, 3.63) is 53.9 Å². The quantitative estimate of drug-likeness (QED) is 0.894. The van der Waals surface area contributed by atoms with Crippen LogP contribution in [-0.4, -0.2) is 26.3 Å². The summed E-state index contributed by atoms with van der Waals surface area (Å²) in [5, 5.41) is 3.30. The third-order valence-corrected chi connectivity index (χ3v) is 3.07. The minimum atomic E-state index is 0.0998. The molecule has 1 N–H and O–H groups in total. The highest BCUT2D eigenvalue weighted by Crippen LogP contribution is 2.31. The summed E-state index contributed by atoms with van der Waals surface area (Å²) >= 11 is 0.